The van der Waals surface area contributed by atoms with Crippen LogP contribution in [-0.4, -0.2) is 29.1 Å². The maximum absolute atomic E-state index is 11.2. The summed E-state index contributed by atoms with van der Waals surface area (Å²) >= 11 is 0. The lowest BCUT2D eigenvalue weighted by Crippen LogP contribution is -2.23. The smallest absolute Gasteiger partial charge is 0.358 e. The minimum Gasteiger partial charge on any atom is -0.464 e. The SMILES string of the molecule is COC(=O)c1cnc(NC2CCCCC2)cn1. The standard InChI is InChI=1S/C12H17N3O2/c1-17-12(16)10-7-14-11(8-13-10)15-9-5-3-2-4-6-9/h7-9H,2-6H2,1H3,(H,14,15). The first-order valence-corrected chi connectivity index (χ1v) is 5.96. The van der Waals surface area contributed by atoms with Crippen molar-refractivity contribution in [3.63, 3.8) is 0 Å². The first-order valence-electron chi connectivity index (χ1n) is 5.96. The average molecular weight is 235 g/mol. The van der Waals surface area contributed by atoms with Gasteiger partial charge in [0.2, 0.25) is 0 Å². The second-order valence-electron chi connectivity index (χ2n) is 4.26. The topological polar surface area (TPSA) is 64.1 Å². The van der Waals surface area contributed by atoms with Crippen LogP contribution in [0.4, 0.5) is 5.82 Å². The molecular weight excluding hydrogens is 218 g/mol. The molecule has 1 saturated carbocycles. The van der Waals surface area contributed by atoms with E-state index in [-0.39, 0.29) is 5.69 Å². The van der Waals surface area contributed by atoms with Gasteiger partial charge in [0, 0.05) is 6.04 Å². The fraction of sp³-hybridized carbons (Fsp3) is 0.583. The van der Waals surface area contributed by atoms with Crippen LogP contribution in [0, 0.1) is 0 Å². The Morgan fingerprint density at radius 1 is 1.29 bits per heavy atom. The van der Waals surface area contributed by atoms with E-state index in [9.17, 15) is 4.79 Å². The maximum Gasteiger partial charge on any atom is 0.358 e. The van der Waals surface area contributed by atoms with Gasteiger partial charge in [0.15, 0.2) is 5.69 Å². The third-order valence-electron chi connectivity index (χ3n) is 3.00. The van der Waals surface area contributed by atoms with Gasteiger partial charge in [-0.05, 0) is 12.8 Å². The molecule has 0 aliphatic heterocycles. The summed E-state index contributed by atoms with van der Waals surface area (Å²) in [5, 5.41) is 3.34. The zero-order valence-corrected chi connectivity index (χ0v) is 9.98. The third kappa shape index (κ3) is 3.15. The van der Waals surface area contributed by atoms with E-state index >= 15 is 0 Å². The molecule has 5 heteroatoms. The van der Waals surface area contributed by atoms with Crippen LogP contribution < -0.4 is 5.32 Å². The number of anilines is 1. The number of hydrogen-bond donors (Lipinski definition) is 1. The summed E-state index contributed by atoms with van der Waals surface area (Å²) in [6.45, 7) is 0. The quantitative estimate of drug-likeness (QED) is 0.812. The van der Waals surface area contributed by atoms with E-state index in [1.165, 1.54) is 45.4 Å². The lowest BCUT2D eigenvalue weighted by Gasteiger charge is -2.22. The number of rotatable bonds is 3. The predicted molar refractivity (Wildman–Crippen MR) is 63.9 cm³/mol. The van der Waals surface area contributed by atoms with Crippen molar-refractivity contribution in [1.82, 2.24) is 9.97 Å². The Morgan fingerprint density at radius 2 is 2.06 bits per heavy atom. The molecule has 1 fully saturated rings. The van der Waals surface area contributed by atoms with Crippen LogP contribution in [0.1, 0.15) is 42.6 Å². The normalized spacial score (nSPS) is 16.5. The summed E-state index contributed by atoms with van der Waals surface area (Å²) < 4.78 is 4.56. The number of esters is 1. The molecule has 1 N–H and O–H groups in total. The van der Waals surface area contributed by atoms with Crippen molar-refractivity contribution in [2.45, 2.75) is 38.1 Å². The minimum absolute atomic E-state index is 0.238. The van der Waals surface area contributed by atoms with E-state index < -0.39 is 5.97 Å². The van der Waals surface area contributed by atoms with E-state index in [1.54, 1.807) is 6.20 Å². The molecule has 0 bridgehead atoms. The summed E-state index contributed by atoms with van der Waals surface area (Å²) in [5.41, 5.74) is 0.238. The van der Waals surface area contributed by atoms with Crippen LogP contribution in [0.15, 0.2) is 12.4 Å². The fourth-order valence-electron chi connectivity index (χ4n) is 2.07. The zero-order valence-electron chi connectivity index (χ0n) is 9.98. The molecule has 92 valence electrons. The third-order valence-corrected chi connectivity index (χ3v) is 3.00. The second kappa shape index (κ2) is 5.61. The summed E-state index contributed by atoms with van der Waals surface area (Å²) in [6.07, 6.45) is 9.25. The monoisotopic (exact) mass is 235 g/mol. The minimum atomic E-state index is -0.457. The highest BCUT2D eigenvalue weighted by Gasteiger charge is 2.14. The van der Waals surface area contributed by atoms with Gasteiger partial charge in [-0.25, -0.2) is 14.8 Å². The molecule has 0 aromatic carbocycles. The predicted octanol–water partition coefficient (Wildman–Crippen LogP) is 2.01. The number of hydrogen-bond acceptors (Lipinski definition) is 5. The van der Waals surface area contributed by atoms with Crippen LogP contribution in [0.2, 0.25) is 0 Å². The van der Waals surface area contributed by atoms with Gasteiger partial charge >= 0.3 is 5.97 Å². The molecule has 17 heavy (non-hydrogen) atoms. The number of aromatic nitrogens is 2. The number of nitrogens with zero attached hydrogens (tertiary/aromatic N) is 2. The Kier molecular flexibility index (Phi) is 3.90. The molecular formula is C12H17N3O2. The van der Waals surface area contributed by atoms with E-state index in [2.05, 4.69) is 20.0 Å². The van der Waals surface area contributed by atoms with Crippen molar-refractivity contribution in [2.75, 3.05) is 12.4 Å². The molecule has 1 aromatic rings. The first kappa shape index (κ1) is 11.8. The second-order valence-corrected chi connectivity index (χ2v) is 4.26. The molecule has 1 aliphatic carbocycles. The molecule has 1 aromatic heterocycles. The lowest BCUT2D eigenvalue weighted by atomic mass is 9.96. The van der Waals surface area contributed by atoms with Crippen molar-refractivity contribution in [3.05, 3.63) is 18.1 Å². The van der Waals surface area contributed by atoms with E-state index in [1.807, 2.05) is 0 Å². The van der Waals surface area contributed by atoms with Crippen molar-refractivity contribution in [3.8, 4) is 0 Å². The van der Waals surface area contributed by atoms with Crippen LogP contribution in [0.5, 0.6) is 0 Å². The van der Waals surface area contributed by atoms with Crippen molar-refractivity contribution in [2.24, 2.45) is 0 Å². The van der Waals surface area contributed by atoms with Crippen LogP contribution >= 0.6 is 0 Å². The van der Waals surface area contributed by atoms with Crippen LogP contribution in [0.3, 0.4) is 0 Å². The van der Waals surface area contributed by atoms with Crippen molar-refractivity contribution >= 4 is 11.8 Å². The van der Waals surface area contributed by atoms with Crippen LogP contribution in [-0.2, 0) is 4.74 Å². The van der Waals surface area contributed by atoms with Gasteiger partial charge in [-0.15, -0.1) is 0 Å². The van der Waals surface area contributed by atoms with Gasteiger partial charge in [0.1, 0.15) is 5.82 Å². The van der Waals surface area contributed by atoms with Gasteiger partial charge < -0.3 is 10.1 Å². The number of carbonyl (C=O) groups is 1. The molecule has 2 rings (SSSR count). The molecule has 0 saturated heterocycles. The fourth-order valence-corrected chi connectivity index (χ4v) is 2.07. The molecule has 0 unspecified atom stereocenters. The number of carbonyl (C=O) groups excluding carboxylic acids is 1. The van der Waals surface area contributed by atoms with Gasteiger partial charge in [-0.1, -0.05) is 19.3 Å². The Hall–Kier alpha value is -1.65. The molecule has 0 radical (unpaired) electrons. The average Bonchev–Trinajstić information content (AvgIpc) is 2.40. The largest absolute Gasteiger partial charge is 0.464 e. The maximum atomic E-state index is 11.2. The van der Waals surface area contributed by atoms with Gasteiger partial charge in [-0.2, -0.15) is 0 Å². The Labute approximate surface area is 101 Å². The highest BCUT2D eigenvalue weighted by atomic mass is 16.5. The summed E-state index contributed by atoms with van der Waals surface area (Å²) in [4.78, 5) is 19.4. The van der Waals surface area contributed by atoms with E-state index in [0.29, 0.717) is 6.04 Å². The van der Waals surface area contributed by atoms with Crippen LogP contribution in [0.25, 0.3) is 0 Å². The van der Waals surface area contributed by atoms with Gasteiger partial charge in [-0.3, -0.25) is 0 Å². The van der Waals surface area contributed by atoms with Crippen molar-refractivity contribution < 1.29 is 9.53 Å². The molecule has 1 heterocycles. The zero-order chi connectivity index (χ0) is 12.1. The highest BCUT2D eigenvalue weighted by molar-refractivity contribution is 5.86. The summed E-state index contributed by atoms with van der Waals surface area (Å²) in [6, 6.07) is 0.488. The molecule has 1 aliphatic rings. The Morgan fingerprint density at radius 3 is 2.65 bits per heavy atom. The lowest BCUT2D eigenvalue weighted by molar-refractivity contribution is 0.0593. The number of ether oxygens (including phenoxy) is 1. The highest BCUT2D eigenvalue weighted by Crippen LogP contribution is 2.20. The molecule has 0 atom stereocenters. The van der Waals surface area contributed by atoms with E-state index in [4.69, 9.17) is 0 Å². The van der Waals surface area contributed by atoms with Gasteiger partial charge in [0.05, 0.1) is 19.5 Å². The van der Waals surface area contributed by atoms with E-state index in [0.717, 1.165) is 5.82 Å². The molecule has 0 amide bonds. The molecule has 5 nitrogen and oxygen atoms in total. The number of nitrogens with one attached hydrogen (secondary N) is 1. The Bertz CT molecular complexity index is 372. The number of methoxy groups -OCH3 is 1. The first-order chi connectivity index (χ1) is 8.29. The molecule has 0 spiro atoms. The van der Waals surface area contributed by atoms with Gasteiger partial charge in [0.25, 0.3) is 0 Å². The summed E-state index contributed by atoms with van der Waals surface area (Å²) in [7, 11) is 1.33. The Balaban J connectivity index is 1.95. The summed E-state index contributed by atoms with van der Waals surface area (Å²) in [5.74, 6) is 0.270. The van der Waals surface area contributed by atoms with Crippen molar-refractivity contribution in [1.29, 1.82) is 0 Å².